The lowest BCUT2D eigenvalue weighted by Gasteiger charge is -2.39. The topological polar surface area (TPSA) is 141 Å². The van der Waals surface area contributed by atoms with E-state index in [1.165, 1.54) is 40.4 Å². The zero-order valence-corrected chi connectivity index (χ0v) is 47.9. The number of amides is 2. The Morgan fingerprint density at radius 1 is 0.644 bits per heavy atom. The van der Waals surface area contributed by atoms with Gasteiger partial charge in [-0.3, -0.25) is 0 Å². The number of rotatable bonds is 16. The molecule has 2 heterocycles. The van der Waals surface area contributed by atoms with Gasteiger partial charge in [-0.05, 0) is 144 Å². The molecule has 0 saturated heterocycles. The van der Waals surface area contributed by atoms with Crippen LogP contribution in [0.1, 0.15) is 132 Å². The molecular formula is C55H75BrF4N4O6S2Si. The Morgan fingerprint density at radius 2 is 1.03 bits per heavy atom. The number of carbonyl (C=O) groups excluding carboxylic acids is 2. The summed E-state index contributed by atoms with van der Waals surface area (Å²) >= 11 is 6.89. The average Bonchev–Trinajstić information content (AvgIpc) is 3.95. The van der Waals surface area contributed by atoms with Crippen LogP contribution in [-0.4, -0.2) is 79.1 Å². The first-order valence-electron chi connectivity index (χ1n) is 25.2. The molecule has 18 heteroatoms. The van der Waals surface area contributed by atoms with Crippen molar-refractivity contribution in [1.82, 2.24) is 21.3 Å². The number of carbonyl (C=O) groups is 2. The van der Waals surface area contributed by atoms with Crippen LogP contribution < -0.4 is 21.3 Å². The summed E-state index contributed by atoms with van der Waals surface area (Å²) in [5.74, 6) is 0.517. The Bertz CT molecular complexity index is 2460. The number of benzene rings is 2. The van der Waals surface area contributed by atoms with E-state index >= 15 is 0 Å². The summed E-state index contributed by atoms with van der Waals surface area (Å²) < 4.78 is 67.1. The fourth-order valence-corrected chi connectivity index (χ4v) is 12.4. The van der Waals surface area contributed by atoms with E-state index in [4.69, 9.17) is 9.47 Å². The molecule has 2 fully saturated rings. The monoisotopic (exact) mass is 1130 g/mol. The van der Waals surface area contributed by atoms with Crippen LogP contribution in [0.5, 0.6) is 0 Å². The second kappa shape index (κ2) is 26.3. The smallest absolute Gasteiger partial charge is 0.407 e. The molecule has 402 valence electrons. The van der Waals surface area contributed by atoms with Crippen molar-refractivity contribution in [3.05, 3.63) is 113 Å². The van der Waals surface area contributed by atoms with E-state index < -0.39 is 79.0 Å². The normalized spacial score (nSPS) is 17.4. The minimum atomic E-state index is -1.50. The fourth-order valence-electron chi connectivity index (χ4n) is 9.14. The SMILES string of the molecule is CC(C)(C)OC(=O)N[C@@H](Cc1cc(F)cc(F)c1)[C@H](O)CNC1(c2cc(Br)cs2)CCCCC1.CC(C)(C)OC(=O)N[C@@H](Cc1cc(F)cc(F)c1)[C@H](O)CNC1(c2cc(C#C[Si](C)(C)C)cs2)CCCCC1. The van der Waals surface area contributed by atoms with Crippen molar-refractivity contribution < 1.29 is 46.8 Å². The molecule has 2 aliphatic carbocycles. The third-order valence-electron chi connectivity index (χ3n) is 12.5. The Kier molecular flexibility index (Phi) is 21.6. The molecule has 0 radical (unpaired) electrons. The molecule has 4 aromatic rings. The summed E-state index contributed by atoms with van der Waals surface area (Å²) in [6, 6.07) is 9.08. The van der Waals surface area contributed by atoms with Crippen LogP contribution in [0.4, 0.5) is 27.2 Å². The lowest BCUT2D eigenvalue weighted by molar-refractivity contribution is 0.0400. The molecule has 2 aromatic heterocycles. The van der Waals surface area contributed by atoms with E-state index in [0.717, 1.165) is 80.0 Å². The van der Waals surface area contributed by atoms with Gasteiger partial charge in [-0.2, -0.15) is 0 Å². The van der Waals surface area contributed by atoms with E-state index in [9.17, 15) is 37.4 Å². The first-order valence-corrected chi connectivity index (χ1v) is 31.3. The van der Waals surface area contributed by atoms with Gasteiger partial charge in [0, 0.05) is 55.8 Å². The van der Waals surface area contributed by atoms with Crippen molar-refractivity contribution in [3.8, 4) is 11.5 Å². The van der Waals surface area contributed by atoms with Crippen molar-refractivity contribution in [2.75, 3.05) is 13.1 Å². The lowest BCUT2D eigenvalue weighted by Crippen LogP contribution is -2.53. The summed E-state index contributed by atoms with van der Waals surface area (Å²) in [6.45, 7) is 17.5. The molecule has 2 aromatic carbocycles. The van der Waals surface area contributed by atoms with E-state index in [0.29, 0.717) is 11.1 Å². The van der Waals surface area contributed by atoms with E-state index in [1.54, 1.807) is 64.2 Å². The highest BCUT2D eigenvalue weighted by Gasteiger charge is 2.38. The molecular weight excluding hydrogens is 1060 g/mol. The maximum atomic E-state index is 13.9. The first-order chi connectivity index (χ1) is 34.1. The summed E-state index contributed by atoms with van der Waals surface area (Å²) in [4.78, 5) is 27.5. The maximum Gasteiger partial charge on any atom is 0.407 e. The molecule has 0 spiro atoms. The van der Waals surface area contributed by atoms with Crippen molar-refractivity contribution in [3.63, 3.8) is 0 Å². The van der Waals surface area contributed by atoms with Gasteiger partial charge in [0.2, 0.25) is 0 Å². The summed E-state index contributed by atoms with van der Waals surface area (Å²) in [6.07, 6.45) is 7.06. The zero-order chi connectivity index (χ0) is 53.8. The minimum Gasteiger partial charge on any atom is -0.444 e. The van der Waals surface area contributed by atoms with Crippen LogP contribution in [0.25, 0.3) is 0 Å². The second-order valence-corrected chi connectivity index (χ2v) is 30.0. The summed E-state index contributed by atoms with van der Waals surface area (Å²) in [5.41, 5.74) is 3.11. The van der Waals surface area contributed by atoms with Crippen molar-refractivity contribution >= 4 is 58.9 Å². The standard InChI is InChI=1S/C30H42F2N2O3SSi.C25H33BrF2N2O3S/c1-29(2,3)37-28(36)34-25(16-22-14-23(31)18-24(32)15-22)26(35)19-33-30(11-8-7-9-12-30)27-17-21(20-38-27)10-13-39(4,5)6;1-24(2,3)33-23(32)30-20(11-16-9-18(27)13-19(28)10-16)21(31)14-29-25(7-5-4-6-8-25)22-12-17(26)15-34-22/h14-15,17-18,20,25-26,33,35H,7-9,11-12,16,19H2,1-6H3,(H,34,36);9-10,12-13,15,20-21,29,31H,4-8,11,14H2,1-3H3,(H,30,32)/t25-,26+;20-,21+/m00/s1. The lowest BCUT2D eigenvalue weighted by atomic mass is 9.80. The molecule has 4 atom stereocenters. The predicted molar refractivity (Wildman–Crippen MR) is 291 cm³/mol. The molecule has 73 heavy (non-hydrogen) atoms. The van der Waals surface area contributed by atoms with Gasteiger partial charge >= 0.3 is 12.2 Å². The van der Waals surface area contributed by atoms with Crippen LogP contribution in [0.15, 0.2) is 63.8 Å². The molecule has 6 rings (SSSR count). The predicted octanol–water partition coefficient (Wildman–Crippen LogP) is 12.5. The van der Waals surface area contributed by atoms with E-state index in [-0.39, 0.29) is 37.0 Å². The van der Waals surface area contributed by atoms with Crippen molar-refractivity contribution in [1.29, 1.82) is 0 Å². The van der Waals surface area contributed by atoms with Gasteiger partial charge in [-0.25, -0.2) is 27.2 Å². The molecule has 0 aliphatic heterocycles. The number of hydrogen-bond acceptors (Lipinski definition) is 10. The third kappa shape index (κ3) is 20.0. The van der Waals surface area contributed by atoms with Crippen molar-refractivity contribution in [2.24, 2.45) is 0 Å². The molecule has 10 nitrogen and oxygen atoms in total. The number of aliphatic hydroxyl groups is 2. The summed E-state index contributed by atoms with van der Waals surface area (Å²) in [7, 11) is -1.50. The quantitative estimate of drug-likeness (QED) is 0.0370. The Balaban J connectivity index is 0.000000273. The Hall–Kier alpha value is -3.80. The molecule has 2 aliphatic rings. The number of thiophene rings is 2. The molecule has 2 amide bonds. The number of ether oxygens (including phenoxy) is 2. The van der Waals surface area contributed by atoms with Crippen LogP contribution in [0, 0.1) is 34.7 Å². The van der Waals surface area contributed by atoms with Gasteiger partial charge in [-0.1, -0.05) is 64.1 Å². The fraction of sp³-hybridized carbons (Fsp3) is 0.564. The largest absolute Gasteiger partial charge is 0.444 e. The van der Waals surface area contributed by atoms with Gasteiger partial charge in [0.25, 0.3) is 0 Å². The average molecular weight is 1140 g/mol. The van der Waals surface area contributed by atoms with Crippen LogP contribution in [0.3, 0.4) is 0 Å². The van der Waals surface area contributed by atoms with Crippen LogP contribution in [0.2, 0.25) is 19.6 Å². The van der Waals surface area contributed by atoms with Gasteiger partial charge in [0.15, 0.2) is 0 Å². The third-order valence-corrected chi connectivity index (χ3v) is 16.4. The van der Waals surface area contributed by atoms with E-state index in [2.05, 4.69) is 91.2 Å². The number of aliphatic hydroxyl groups excluding tert-OH is 2. The molecule has 6 N–H and O–H groups in total. The van der Waals surface area contributed by atoms with Gasteiger partial charge in [0.05, 0.1) is 35.4 Å². The minimum absolute atomic E-state index is 0.0409. The highest BCUT2D eigenvalue weighted by atomic mass is 79.9. The van der Waals surface area contributed by atoms with Crippen LogP contribution in [-0.2, 0) is 33.4 Å². The van der Waals surface area contributed by atoms with Crippen LogP contribution >= 0.6 is 38.6 Å². The van der Waals surface area contributed by atoms with Gasteiger partial charge < -0.3 is 41.0 Å². The molecule has 0 bridgehead atoms. The summed E-state index contributed by atoms with van der Waals surface area (Å²) in [5, 5.41) is 39.2. The number of hydrogen-bond donors (Lipinski definition) is 6. The molecule has 2 saturated carbocycles. The zero-order valence-electron chi connectivity index (χ0n) is 43.7. The highest BCUT2D eigenvalue weighted by Crippen LogP contribution is 2.42. The van der Waals surface area contributed by atoms with Gasteiger partial charge in [-0.15, -0.1) is 28.2 Å². The second-order valence-electron chi connectivity index (χ2n) is 22.5. The first kappa shape index (κ1) is 60.1. The van der Waals surface area contributed by atoms with Gasteiger partial charge in [0.1, 0.15) is 42.5 Å². The number of nitrogens with one attached hydrogen (secondary N) is 4. The highest BCUT2D eigenvalue weighted by molar-refractivity contribution is 9.10. The van der Waals surface area contributed by atoms with E-state index in [1.807, 2.05) is 0 Å². The maximum absolute atomic E-state index is 13.9. The Labute approximate surface area is 447 Å². The number of alkyl carbamates (subject to hydrolysis) is 2. The van der Waals surface area contributed by atoms with Crippen molar-refractivity contribution in [2.45, 2.75) is 185 Å². The molecule has 0 unspecified atom stereocenters. The number of halogens is 5. The Morgan fingerprint density at radius 3 is 1.38 bits per heavy atom.